The first-order chi connectivity index (χ1) is 15.1. The number of aromatic nitrogens is 1. The first-order valence-corrected chi connectivity index (χ1v) is 10.1. The molecule has 9 heteroatoms. The number of ether oxygens (including phenoxy) is 2. The van der Waals surface area contributed by atoms with Crippen LogP contribution in [-0.4, -0.2) is 65.1 Å². The van der Waals surface area contributed by atoms with Crippen molar-refractivity contribution in [2.75, 3.05) is 32.8 Å². The topological polar surface area (TPSA) is 94.2 Å². The molecule has 2 amide bonds. The van der Waals surface area contributed by atoms with Gasteiger partial charge in [-0.05, 0) is 24.3 Å². The fraction of sp³-hybridized carbons (Fsp3) is 0.318. The van der Waals surface area contributed by atoms with E-state index >= 15 is 0 Å². The summed E-state index contributed by atoms with van der Waals surface area (Å²) < 4.78 is 18.0. The Morgan fingerprint density at radius 1 is 0.903 bits per heavy atom. The second-order valence-corrected chi connectivity index (χ2v) is 7.49. The van der Waals surface area contributed by atoms with E-state index in [1.807, 2.05) is 12.1 Å². The zero-order chi connectivity index (χ0) is 21.4. The summed E-state index contributed by atoms with van der Waals surface area (Å²) in [6, 6.07) is 14.2. The number of benzene rings is 2. The third kappa shape index (κ3) is 3.63. The molecule has 0 aliphatic carbocycles. The summed E-state index contributed by atoms with van der Waals surface area (Å²) in [7, 11) is 0. The molecule has 31 heavy (non-hydrogen) atoms. The molecule has 2 aliphatic heterocycles. The van der Waals surface area contributed by atoms with Crippen molar-refractivity contribution in [3.05, 3.63) is 59.1 Å². The van der Waals surface area contributed by atoms with Crippen molar-refractivity contribution in [2.45, 2.75) is 12.6 Å². The van der Waals surface area contributed by atoms with Crippen molar-refractivity contribution in [1.29, 1.82) is 0 Å². The van der Waals surface area contributed by atoms with Gasteiger partial charge in [-0.2, -0.15) is 0 Å². The highest BCUT2D eigenvalue weighted by Gasteiger charge is 2.33. The van der Waals surface area contributed by atoms with Crippen LogP contribution >= 0.6 is 0 Å². The molecule has 0 spiro atoms. The number of hydrogen-bond donors (Lipinski definition) is 0. The number of carbonyl (C=O) groups is 2. The van der Waals surface area contributed by atoms with Crippen LogP contribution in [0.1, 0.15) is 0 Å². The van der Waals surface area contributed by atoms with Gasteiger partial charge < -0.3 is 23.7 Å². The molecule has 3 aromatic rings. The lowest BCUT2D eigenvalue weighted by Gasteiger charge is -2.37. The van der Waals surface area contributed by atoms with Gasteiger partial charge in [0.1, 0.15) is 13.2 Å². The Kier molecular flexibility index (Phi) is 4.85. The summed E-state index contributed by atoms with van der Waals surface area (Å²) in [6.45, 7) is 1.63. The Morgan fingerprint density at radius 2 is 1.58 bits per heavy atom. The molecule has 0 radical (unpaired) electrons. The van der Waals surface area contributed by atoms with E-state index in [9.17, 15) is 14.4 Å². The van der Waals surface area contributed by atoms with Crippen LogP contribution in [0.3, 0.4) is 0 Å². The van der Waals surface area contributed by atoms with Crippen molar-refractivity contribution < 1.29 is 23.5 Å². The molecular formula is C22H21N3O6. The van der Waals surface area contributed by atoms with E-state index in [2.05, 4.69) is 0 Å². The van der Waals surface area contributed by atoms with Crippen LogP contribution in [0.2, 0.25) is 0 Å². The van der Waals surface area contributed by atoms with E-state index < -0.39 is 11.9 Å². The molecule has 0 bridgehead atoms. The molecule has 2 aromatic carbocycles. The quantitative estimate of drug-likeness (QED) is 0.626. The van der Waals surface area contributed by atoms with Crippen LogP contribution in [0.4, 0.5) is 0 Å². The van der Waals surface area contributed by atoms with E-state index in [0.717, 1.165) is 0 Å². The van der Waals surface area contributed by atoms with Crippen molar-refractivity contribution in [1.82, 2.24) is 14.4 Å². The van der Waals surface area contributed by atoms with Crippen LogP contribution in [0.25, 0.3) is 11.1 Å². The van der Waals surface area contributed by atoms with Crippen molar-refractivity contribution in [3.8, 4) is 11.5 Å². The molecular weight excluding hydrogens is 402 g/mol. The predicted octanol–water partition coefficient (Wildman–Crippen LogP) is 1.11. The van der Waals surface area contributed by atoms with E-state index in [-0.39, 0.29) is 25.0 Å². The van der Waals surface area contributed by atoms with Gasteiger partial charge in [-0.15, -0.1) is 0 Å². The van der Waals surface area contributed by atoms with Crippen molar-refractivity contribution >= 4 is 22.9 Å². The molecule has 1 saturated heterocycles. The van der Waals surface area contributed by atoms with Crippen molar-refractivity contribution in [3.63, 3.8) is 0 Å². The molecule has 0 N–H and O–H groups in total. The highest BCUT2D eigenvalue weighted by atomic mass is 16.6. The van der Waals surface area contributed by atoms with Gasteiger partial charge in [-0.1, -0.05) is 24.3 Å². The Morgan fingerprint density at radius 3 is 2.39 bits per heavy atom. The summed E-state index contributed by atoms with van der Waals surface area (Å²) in [5, 5.41) is 0. The zero-order valence-electron chi connectivity index (χ0n) is 16.7. The minimum Gasteiger partial charge on any atom is -0.485 e. The van der Waals surface area contributed by atoms with Gasteiger partial charge in [0.2, 0.25) is 12.0 Å². The number of nitrogens with zero attached hydrogens (tertiary/aromatic N) is 3. The number of oxazole rings is 1. The van der Waals surface area contributed by atoms with Gasteiger partial charge in [0.05, 0.1) is 5.52 Å². The minimum absolute atomic E-state index is 0.0971. The fourth-order valence-corrected chi connectivity index (χ4v) is 3.92. The molecule has 3 heterocycles. The number of amides is 2. The Bertz CT molecular complexity index is 1190. The molecule has 1 aromatic heterocycles. The maximum absolute atomic E-state index is 12.8. The van der Waals surface area contributed by atoms with Crippen LogP contribution in [0, 0.1) is 0 Å². The lowest BCUT2D eigenvalue weighted by molar-refractivity contribution is -0.146. The first kappa shape index (κ1) is 19.2. The Labute approximate surface area is 177 Å². The maximum Gasteiger partial charge on any atom is 0.420 e. The normalized spacial score (nSPS) is 18.3. The fourth-order valence-electron chi connectivity index (χ4n) is 3.92. The third-order valence-corrected chi connectivity index (χ3v) is 5.60. The van der Waals surface area contributed by atoms with Gasteiger partial charge in [0.25, 0.3) is 5.91 Å². The number of hydrogen-bond acceptors (Lipinski definition) is 6. The molecule has 9 nitrogen and oxygen atoms in total. The van der Waals surface area contributed by atoms with Gasteiger partial charge in [0.15, 0.2) is 17.1 Å². The molecule has 2 aliphatic rings. The summed E-state index contributed by atoms with van der Waals surface area (Å²) in [5.41, 5.74) is 1.04. The van der Waals surface area contributed by atoms with Crippen LogP contribution < -0.4 is 15.2 Å². The zero-order valence-corrected chi connectivity index (χ0v) is 16.7. The maximum atomic E-state index is 12.8. The summed E-state index contributed by atoms with van der Waals surface area (Å²) >= 11 is 0. The first-order valence-electron chi connectivity index (χ1n) is 10.1. The summed E-state index contributed by atoms with van der Waals surface area (Å²) in [6.07, 6.45) is -0.701. The second kappa shape index (κ2) is 7.82. The van der Waals surface area contributed by atoms with E-state index in [0.29, 0.717) is 48.8 Å². The third-order valence-electron chi connectivity index (χ3n) is 5.60. The standard InChI is InChI=1S/C22H21N3O6/c26-20(13-25-15-5-1-2-6-16(15)31-22(25)28)23-9-11-24(12-10-23)21(27)19-14-29-17-7-3-4-8-18(17)30-19/h1-8,19H,9-14H2/t19-/m1/s1. The smallest absolute Gasteiger partial charge is 0.420 e. The lowest BCUT2D eigenvalue weighted by Crippen LogP contribution is -2.55. The molecule has 0 unspecified atom stereocenters. The number of piperazine rings is 1. The van der Waals surface area contributed by atoms with Crippen LogP contribution in [-0.2, 0) is 16.1 Å². The molecule has 1 fully saturated rings. The van der Waals surface area contributed by atoms with Gasteiger partial charge in [-0.3, -0.25) is 14.2 Å². The van der Waals surface area contributed by atoms with E-state index in [4.69, 9.17) is 13.9 Å². The number of rotatable bonds is 3. The monoisotopic (exact) mass is 423 g/mol. The van der Waals surface area contributed by atoms with Gasteiger partial charge >= 0.3 is 5.76 Å². The van der Waals surface area contributed by atoms with Gasteiger partial charge in [0, 0.05) is 26.2 Å². The largest absolute Gasteiger partial charge is 0.485 e. The highest BCUT2D eigenvalue weighted by Crippen LogP contribution is 2.31. The summed E-state index contributed by atoms with van der Waals surface area (Å²) in [5.74, 6) is 0.284. The van der Waals surface area contributed by atoms with Crippen molar-refractivity contribution in [2.24, 2.45) is 0 Å². The molecule has 160 valence electrons. The molecule has 5 rings (SSSR count). The number of para-hydroxylation sites is 4. The average molecular weight is 423 g/mol. The van der Waals surface area contributed by atoms with E-state index in [1.165, 1.54) is 4.57 Å². The molecule has 1 atom stereocenters. The van der Waals surface area contributed by atoms with Crippen LogP contribution in [0.15, 0.2) is 57.7 Å². The van der Waals surface area contributed by atoms with E-state index in [1.54, 1.807) is 46.2 Å². The second-order valence-electron chi connectivity index (χ2n) is 7.49. The number of carbonyl (C=O) groups excluding carboxylic acids is 2. The molecule has 0 saturated carbocycles. The summed E-state index contributed by atoms with van der Waals surface area (Å²) in [4.78, 5) is 41.1. The SMILES string of the molecule is O=C(Cn1c(=O)oc2ccccc21)N1CCN(C(=O)[C@H]2COc3ccccc3O2)CC1. The Balaban J connectivity index is 1.19. The predicted molar refractivity (Wildman–Crippen MR) is 110 cm³/mol. The highest BCUT2D eigenvalue weighted by molar-refractivity contribution is 5.83. The van der Waals surface area contributed by atoms with Gasteiger partial charge in [-0.25, -0.2) is 4.79 Å². The average Bonchev–Trinajstić information content (AvgIpc) is 3.13. The van der Waals surface area contributed by atoms with Crippen LogP contribution in [0.5, 0.6) is 11.5 Å². The number of fused-ring (bicyclic) bond motifs is 2. The Hall–Kier alpha value is -3.75. The lowest BCUT2D eigenvalue weighted by atomic mass is 10.2. The minimum atomic E-state index is -0.701.